The van der Waals surface area contributed by atoms with Gasteiger partial charge in [-0.2, -0.15) is 0 Å². The van der Waals surface area contributed by atoms with Gasteiger partial charge in [0.15, 0.2) is 0 Å². The third-order valence-corrected chi connectivity index (χ3v) is 4.29. The van der Waals surface area contributed by atoms with Crippen LogP contribution < -0.4 is 5.32 Å². The van der Waals surface area contributed by atoms with Gasteiger partial charge in [0.2, 0.25) is 0 Å². The van der Waals surface area contributed by atoms with E-state index in [-0.39, 0.29) is 0 Å². The number of hydrogen-bond donors (Lipinski definition) is 1. The van der Waals surface area contributed by atoms with Gasteiger partial charge in [0.05, 0.1) is 0 Å². The summed E-state index contributed by atoms with van der Waals surface area (Å²) in [7, 11) is 2.01. The second-order valence-corrected chi connectivity index (χ2v) is 5.82. The monoisotopic (exact) mass is 347 g/mol. The molecule has 0 aliphatic heterocycles. The fourth-order valence-corrected chi connectivity index (χ4v) is 2.72. The first-order valence-corrected chi connectivity index (χ1v) is 7.33. The van der Waals surface area contributed by atoms with Gasteiger partial charge in [-0.05, 0) is 63.0 Å². The molecule has 0 bridgehead atoms. The van der Waals surface area contributed by atoms with E-state index in [9.17, 15) is 0 Å². The number of nitrogens with one attached hydrogen (secondary N) is 1. The van der Waals surface area contributed by atoms with Crippen molar-refractivity contribution in [2.45, 2.75) is 32.6 Å². The molecule has 0 aliphatic rings. The van der Waals surface area contributed by atoms with Gasteiger partial charge in [0.25, 0.3) is 0 Å². The van der Waals surface area contributed by atoms with Crippen LogP contribution in [0.3, 0.4) is 0 Å². The molecule has 1 rings (SSSR count). The summed E-state index contributed by atoms with van der Waals surface area (Å²) in [5.74, 6) is 0. The molecular weight excluding hydrogens is 330 g/mol. The normalized spacial score (nSPS) is 10.8. The Morgan fingerprint density at radius 3 is 2.50 bits per heavy atom. The van der Waals surface area contributed by atoms with Crippen molar-refractivity contribution < 1.29 is 0 Å². The first kappa shape index (κ1) is 14.2. The van der Waals surface area contributed by atoms with Crippen molar-refractivity contribution in [3.8, 4) is 0 Å². The number of aryl methyl sites for hydroxylation is 2. The number of benzene rings is 1. The Morgan fingerprint density at radius 2 is 1.81 bits per heavy atom. The minimum absolute atomic E-state index is 1.12. The molecule has 0 heterocycles. The van der Waals surface area contributed by atoms with Crippen molar-refractivity contribution in [3.05, 3.63) is 32.2 Å². The van der Waals surface area contributed by atoms with Crippen molar-refractivity contribution in [2.24, 2.45) is 0 Å². The third kappa shape index (κ3) is 4.56. The molecule has 0 aromatic heterocycles. The highest BCUT2D eigenvalue weighted by atomic mass is 79.9. The van der Waals surface area contributed by atoms with Gasteiger partial charge < -0.3 is 5.32 Å². The van der Waals surface area contributed by atoms with E-state index in [0.717, 1.165) is 13.0 Å². The molecule has 0 spiro atoms. The quantitative estimate of drug-likeness (QED) is 0.749. The molecule has 1 nitrogen and oxygen atoms in total. The van der Waals surface area contributed by atoms with Gasteiger partial charge in [-0.15, -0.1) is 0 Å². The molecule has 0 saturated heterocycles. The minimum atomic E-state index is 1.12. The minimum Gasteiger partial charge on any atom is -0.320 e. The van der Waals surface area contributed by atoms with E-state index in [0.29, 0.717) is 0 Å². The van der Waals surface area contributed by atoms with Gasteiger partial charge in [0.1, 0.15) is 0 Å². The Bertz CT molecular complexity index is 337. The van der Waals surface area contributed by atoms with Crippen LogP contribution in [0.5, 0.6) is 0 Å². The van der Waals surface area contributed by atoms with Crippen LogP contribution in [0.2, 0.25) is 0 Å². The largest absolute Gasteiger partial charge is 0.320 e. The lowest BCUT2D eigenvalue weighted by atomic mass is 10.1. The van der Waals surface area contributed by atoms with Crippen molar-refractivity contribution in [1.82, 2.24) is 5.32 Å². The highest BCUT2D eigenvalue weighted by Gasteiger charge is 2.03. The Balaban J connectivity index is 2.45. The highest BCUT2D eigenvalue weighted by molar-refractivity contribution is 9.11. The molecule has 0 atom stereocenters. The van der Waals surface area contributed by atoms with Gasteiger partial charge in [-0.25, -0.2) is 0 Å². The van der Waals surface area contributed by atoms with Crippen LogP contribution in [0.1, 0.15) is 30.4 Å². The fraction of sp³-hybridized carbons (Fsp3) is 0.538. The van der Waals surface area contributed by atoms with Gasteiger partial charge >= 0.3 is 0 Å². The number of unbranched alkanes of at least 4 members (excludes halogenated alkanes) is 2. The molecule has 0 aliphatic carbocycles. The van der Waals surface area contributed by atoms with Crippen LogP contribution in [0.4, 0.5) is 0 Å². The average molecular weight is 349 g/mol. The van der Waals surface area contributed by atoms with Crippen LogP contribution in [0.25, 0.3) is 0 Å². The molecule has 16 heavy (non-hydrogen) atoms. The molecule has 0 saturated carbocycles. The smallest absolute Gasteiger partial charge is 0.0210 e. The third-order valence-electron chi connectivity index (χ3n) is 2.70. The summed E-state index contributed by atoms with van der Waals surface area (Å²) in [5.41, 5.74) is 2.69. The van der Waals surface area contributed by atoms with Crippen molar-refractivity contribution in [1.29, 1.82) is 0 Å². The molecule has 90 valence electrons. The zero-order valence-corrected chi connectivity index (χ0v) is 13.1. The Labute approximate surface area is 115 Å². The van der Waals surface area contributed by atoms with E-state index in [2.05, 4.69) is 56.2 Å². The molecular formula is C13H19Br2N. The first-order chi connectivity index (χ1) is 7.65. The SMILES string of the molecule is CNCCCCCc1cc(Br)c(C)cc1Br. The second-order valence-electron chi connectivity index (χ2n) is 4.11. The van der Waals surface area contributed by atoms with E-state index in [1.54, 1.807) is 0 Å². The molecule has 0 fully saturated rings. The lowest BCUT2D eigenvalue weighted by Gasteiger charge is -2.07. The number of rotatable bonds is 6. The Kier molecular flexibility index (Phi) is 6.62. The van der Waals surface area contributed by atoms with Crippen molar-refractivity contribution >= 4 is 31.9 Å². The maximum Gasteiger partial charge on any atom is 0.0210 e. The lowest BCUT2D eigenvalue weighted by molar-refractivity contribution is 0.642. The van der Waals surface area contributed by atoms with E-state index < -0.39 is 0 Å². The van der Waals surface area contributed by atoms with Crippen molar-refractivity contribution in [2.75, 3.05) is 13.6 Å². The average Bonchev–Trinajstić information content (AvgIpc) is 2.25. The summed E-state index contributed by atoms with van der Waals surface area (Å²) in [5, 5.41) is 3.18. The van der Waals surface area contributed by atoms with Gasteiger partial charge in [0, 0.05) is 8.95 Å². The summed E-state index contributed by atoms with van der Waals surface area (Å²) in [6.07, 6.45) is 4.97. The van der Waals surface area contributed by atoms with E-state index in [1.807, 2.05) is 7.05 Å². The maximum atomic E-state index is 3.63. The molecule has 0 amide bonds. The zero-order valence-electron chi connectivity index (χ0n) is 9.95. The predicted molar refractivity (Wildman–Crippen MR) is 78.1 cm³/mol. The Hall–Kier alpha value is 0.140. The summed E-state index contributed by atoms with van der Waals surface area (Å²) in [4.78, 5) is 0. The maximum absolute atomic E-state index is 3.63. The summed E-state index contributed by atoms with van der Waals surface area (Å²) >= 11 is 7.21. The van der Waals surface area contributed by atoms with E-state index in [4.69, 9.17) is 0 Å². The molecule has 3 heteroatoms. The Morgan fingerprint density at radius 1 is 1.06 bits per heavy atom. The molecule has 1 N–H and O–H groups in total. The topological polar surface area (TPSA) is 12.0 Å². The molecule has 0 radical (unpaired) electrons. The lowest BCUT2D eigenvalue weighted by Crippen LogP contribution is -2.07. The zero-order chi connectivity index (χ0) is 12.0. The highest BCUT2D eigenvalue weighted by Crippen LogP contribution is 2.26. The number of hydrogen-bond acceptors (Lipinski definition) is 1. The fourth-order valence-electron chi connectivity index (χ4n) is 1.67. The van der Waals surface area contributed by atoms with Gasteiger partial charge in [-0.3, -0.25) is 0 Å². The predicted octanol–water partition coefficient (Wildman–Crippen LogP) is 4.45. The standard InChI is InChI=1S/C13H19Br2N/c1-10-8-13(15)11(9-12(10)14)6-4-3-5-7-16-2/h8-9,16H,3-7H2,1-2H3. The van der Waals surface area contributed by atoms with E-state index in [1.165, 1.54) is 39.3 Å². The van der Waals surface area contributed by atoms with Crippen LogP contribution in [-0.4, -0.2) is 13.6 Å². The summed E-state index contributed by atoms with van der Waals surface area (Å²) in [6, 6.07) is 4.42. The van der Waals surface area contributed by atoms with Crippen molar-refractivity contribution in [3.63, 3.8) is 0 Å². The van der Waals surface area contributed by atoms with Crippen LogP contribution in [-0.2, 0) is 6.42 Å². The van der Waals surface area contributed by atoms with Crippen LogP contribution in [0, 0.1) is 6.92 Å². The number of halogens is 2. The summed E-state index contributed by atoms with van der Waals surface area (Å²) < 4.78 is 2.45. The van der Waals surface area contributed by atoms with Crippen LogP contribution >= 0.6 is 31.9 Å². The van der Waals surface area contributed by atoms with E-state index >= 15 is 0 Å². The molecule has 0 unspecified atom stereocenters. The molecule has 1 aromatic rings. The van der Waals surface area contributed by atoms with Crippen LogP contribution in [0.15, 0.2) is 21.1 Å². The summed E-state index contributed by atoms with van der Waals surface area (Å²) in [6.45, 7) is 3.24. The second kappa shape index (κ2) is 7.46. The first-order valence-electron chi connectivity index (χ1n) is 5.74. The van der Waals surface area contributed by atoms with Gasteiger partial charge in [-0.1, -0.05) is 38.3 Å². The molecule has 1 aromatic carbocycles.